The molecule has 2 heterocycles. The Labute approximate surface area is 718 Å². The van der Waals surface area contributed by atoms with Crippen LogP contribution in [0.5, 0.6) is 0 Å². The number of phosphoric acid groups is 1. The number of aliphatic hydroxyl groups is 1. The molecule has 1 aliphatic heterocycles. The first-order valence-corrected chi connectivity index (χ1v) is 46.3. The van der Waals surface area contributed by atoms with Crippen molar-refractivity contribution in [2.45, 2.75) is 234 Å². The van der Waals surface area contributed by atoms with Gasteiger partial charge in [0.05, 0.1) is 125 Å². The van der Waals surface area contributed by atoms with E-state index in [4.69, 9.17) is 37.5 Å². The number of hydrogen-bond acceptors (Lipinski definition) is 28. The molecule has 1 aromatic heterocycles. The number of quaternary nitrogens is 2. The Hall–Kier alpha value is -4.66. The van der Waals surface area contributed by atoms with E-state index in [0.29, 0.717) is 86.0 Å². The molecule has 2 aromatic rings. The lowest BCUT2D eigenvalue weighted by atomic mass is 9.64. The van der Waals surface area contributed by atoms with Gasteiger partial charge in [0.1, 0.15) is 45.3 Å². The summed E-state index contributed by atoms with van der Waals surface area (Å²) in [5.74, 6) is -2.31. The number of hydrogen-bond donors (Lipinski definition) is 9. The summed E-state index contributed by atoms with van der Waals surface area (Å²) in [6.45, 7) is 18.7. The topological polar surface area (TPSA) is 407 Å². The number of carbonyl (C=O) groups is 8. The molecule has 37 heteroatoms. The largest absolute Gasteiger partial charge is 0.756 e. The second-order valence-electron chi connectivity index (χ2n) is 34.6. The number of ether oxygens (including phenoxy) is 6. The lowest BCUT2D eigenvalue weighted by molar-refractivity contribution is -0.890. The number of likely N-dealkylation sites (N-methyl/N-ethyl adjacent to an activating group) is 1. The average Bonchev–Trinajstić information content (AvgIpc) is 1.12. The number of benzene rings is 1. The first-order valence-electron chi connectivity index (χ1n) is 40.9. The Bertz CT molecular complexity index is 3500. The van der Waals surface area contributed by atoms with Crippen LogP contribution in [0.25, 0.3) is 5.69 Å². The van der Waals surface area contributed by atoms with Crippen LogP contribution in [0.15, 0.2) is 30.5 Å². The highest BCUT2D eigenvalue weighted by molar-refractivity contribution is 7.85. The van der Waals surface area contributed by atoms with Gasteiger partial charge < -0.3 is 82.3 Å². The molecule has 0 saturated carbocycles. The maximum atomic E-state index is 14.2. The molecule has 3 rings (SSSR count). The minimum absolute atomic E-state index is 0.000834. The van der Waals surface area contributed by atoms with Gasteiger partial charge in [-0.3, -0.25) is 42.9 Å². The minimum atomic E-state index is -4.64. The van der Waals surface area contributed by atoms with Gasteiger partial charge in [-0.15, -0.1) is 5.10 Å². The molecule has 0 radical (unpaired) electrons. The van der Waals surface area contributed by atoms with Crippen molar-refractivity contribution in [2.75, 3.05) is 145 Å². The number of aromatic nitrogens is 3. The van der Waals surface area contributed by atoms with Gasteiger partial charge in [0.25, 0.3) is 7.82 Å². The Kier molecular flexibility index (Phi) is 49.5. The number of esters is 4. The first-order chi connectivity index (χ1) is 54.6. The normalized spacial score (nSPS) is 16.6. The Morgan fingerprint density at radius 1 is 0.615 bits per heavy atom. The summed E-state index contributed by atoms with van der Waals surface area (Å²) in [4.78, 5) is 119. The quantitative estimate of drug-likeness (QED) is 0.00567. The van der Waals surface area contributed by atoms with Crippen LogP contribution in [0.2, 0.25) is 0 Å². The maximum absolute atomic E-state index is 14.2. The molecule has 0 spiro atoms. The highest BCUT2D eigenvalue weighted by atomic mass is 32.2. The highest BCUT2D eigenvalue weighted by Gasteiger charge is 2.51. The smallest absolute Gasteiger partial charge is 0.311 e. The first kappa shape index (κ1) is 108. The average molecular weight is 1770 g/mol. The van der Waals surface area contributed by atoms with Gasteiger partial charge >= 0.3 is 23.9 Å². The molecule has 31 nitrogen and oxygen atoms in total. The molecular weight excluding hydrogens is 1630 g/mol. The van der Waals surface area contributed by atoms with E-state index in [-0.39, 0.29) is 138 Å². The van der Waals surface area contributed by atoms with Gasteiger partial charge in [-0.05, 0) is 160 Å². The number of nitrogens with zero attached hydrogens (tertiary/aromatic N) is 5. The fraction of sp³-hybridized carbons (Fsp3) is 0.800. The van der Waals surface area contributed by atoms with Gasteiger partial charge in [-0.2, -0.15) is 50.5 Å². The number of phosphoric ester groups is 1. The molecule has 1 aliphatic rings. The molecule has 0 bridgehead atoms. The van der Waals surface area contributed by atoms with Crippen LogP contribution >= 0.6 is 58.3 Å². The number of amides is 4. The van der Waals surface area contributed by atoms with E-state index in [0.717, 1.165) is 87.0 Å². The van der Waals surface area contributed by atoms with Crippen LogP contribution in [0.1, 0.15) is 215 Å². The zero-order chi connectivity index (χ0) is 88.4. The van der Waals surface area contributed by atoms with Crippen molar-refractivity contribution in [2.24, 2.45) is 32.5 Å². The van der Waals surface area contributed by atoms with Crippen molar-refractivity contribution in [1.29, 1.82) is 0 Å². The zero-order valence-corrected chi connectivity index (χ0v) is 77.6. The lowest BCUT2D eigenvalue weighted by Gasteiger charge is -2.40. The molecule has 8 unspecified atom stereocenters. The van der Waals surface area contributed by atoms with Gasteiger partial charge in [0.15, 0.2) is 6.29 Å². The van der Waals surface area contributed by atoms with Crippen LogP contribution in [-0.2, 0) is 104 Å². The maximum Gasteiger partial charge on any atom is 0.311 e. The molecule has 1 fully saturated rings. The van der Waals surface area contributed by atoms with Crippen LogP contribution in [-0.4, -0.2) is 251 Å². The van der Waals surface area contributed by atoms with Crippen LogP contribution in [0.3, 0.4) is 0 Å². The van der Waals surface area contributed by atoms with Crippen LogP contribution in [0.4, 0.5) is 0 Å². The van der Waals surface area contributed by atoms with E-state index >= 15 is 0 Å². The van der Waals surface area contributed by atoms with Gasteiger partial charge in [0.2, 0.25) is 23.6 Å². The lowest BCUT2D eigenvalue weighted by Crippen LogP contribution is -2.47. The van der Waals surface area contributed by atoms with E-state index in [2.05, 4.69) is 82.1 Å². The second kappa shape index (κ2) is 53.4. The number of aliphatic hydroxyl groups excluding tert-OH is 1. The summed E-state index contributed by atoms with van der Waals surface area (Å²) in [7, 11) is 0.617. The number of unbranched alkanes of at least 4 members (excludes halogenated alkanes) is 2. The van der Waals surface area contributed by atoms with Crippen molar-refractivity contribution >= 4 is 116 Å². The van der Waals surface area contributed by atoms with Crippen molar-refractivity contribution in [3.05, 3.63) is 41.7 Å². The number of nitrogens with one attached hydrogen (secondary N) is 4. The van der Waals surface area contributed by atoms with E-state index in [1.54, 1.807) is 73.2 Å². The summed E-state index contributed by atoms with van der Waals surface area (Å²) in [6.07, 6.45) is 13.5. The van der Waals surface area contributed by atoms with Crippen molar-refractivity contribution in [1.82, 2.24) is 36.3 Å². The number of thiol groups is 4. The molecule has 117 heavy (non-hydrogen) atoms. The zero-order valence-electron chi connectivity index (χ0n) is 72.3. The number of carbonyl (C=O) groups excluding carboxylic acids is 8. The molecule has 4 amide bonds. The Morgan fingerprint density at radius 3 is 1.64 bits per heavy atom. The molecule has 0 aliphatic carbocycles. The third kappa shape index (κ3) is 44.8. The molecule has 5 N–H and O–H groups in total. The summed E-state index contributed by atoms with van der Waals surface area (Å²) in [6, 6.07) is 7.50. The molecule has 8 atom stereocenters. The molecule has 674 valence electrons. The summed E-state index contributed by atoms with van der Waals surface area (Å²) >= 11 is 17.5. The number of rotatable bonds is 60. The van der Waals surface area contributed by atoms with E-state index in [1.807, 2.05) is 66.4 Å². The van der Waals surface area contributed by atoms with Gasteiger partial charge in [0, 0.05) is 72.5 Å². The van der Waals surface area contributed by atoms with Crippen molar-refractivity contribution in [3.63, 3.8) is 0 Å². The SMILES string of the molecule is CCC(C)(CC(C)(CC(C)(C)C(=O)NCCC[N+](C)(C)CCCS(=O)(=O)[O-])C(=O)OCCNC(=O)CCCCC(S)CCS)C(=O)OCCO.CCC(C)(CC(C)(CC(C)(C)C(=O)OCCOP(=O)([O-])OCC[N+](C)(C)C)C(=O)OCCNC(=O)CCCCC(S)CCS)C(=O)NCc1ccc(-n2cc(COC3CCCCO3)nn2)cc1. The van der Waals surface area contributed by atoms with E-state index in [1.165, 1.54) is 0 Å². The minimum Gasteiger partial charge on any atom is -0.756 e. The third-order valence-electron chi connectivity index (χ3n) is 20.6. The van der Waals surface area contributed by atoms with Crippen LogP contribution < -0.4 is 26.2 Å². The Balaban J connectivity index is 0.000000830. The second-order valence-corrected chi connectivity index (χ2v) is 39.9. The third-order valence-corrected chi connectivity index (χ3v) is 24.0. The fourth-order valence-corrected chi connectivity index (χ4v) is 16.5. The van der Waals surface area contributed by atoms with Gasteiger partial charge in [-0.25, -0.2) is 13.1 Å². The van der Waals surface area contributed by atoms with Crippen molar-refractivity contribution < 1.29 is 112 Å². The monoisotopic (exact) mass is 1770 g/mol. The van der Waals surface area contributed by atoms with E-state index < -0.39 is 86.7 Å². The van der Waals surface area contributed by atoms with Crippen molar-refractivity contribution in [3.8, 4) is 5.69 Å². The Morgan fingerprint density at radius 2 is 1.13 bits per heavy atom. The van der Waals surface area contributed by atoms with E-state index in [9.17, 15) is 65.9 Å². The highest BCUT2D eigenvalue weighted by Crippen LogP contribution is 2.48. The predicted molar refractivity (Wildman–Crippen MR) is 458 cm³/mol. The summed E-state index contributed by atoms with van der Waals surface area (Å²) in [5.41, 5.74) is -5.01. The van der Waals surface area contributed by atoms with Gasteiger partial charge in [-0.1, -0.05) is 64.8 Å². The molecule has 1 aromatic carbocycles. The fourth-order valence-electron chi connectivity index (χ4n) is 13.7. The summed E-state index contributed by atoms with van der Waals surface area (Å²) in [5, 5.41) is 29.7. The predicted octanol–water partition coefficient (Wildman–Crippen LogP) is 8.85. The molecular formula is C80H142N9O22PS5. The van der Waals surface area contributed by atoms with Crippen LogP contribution in [0, 0.1) is 32.5 Å². The standard InChI is InChI=1S/C46H77N6O12PS2.C34H65N3O10S3/c1-9-45(4,41(54)48-30-35-17-19-37(20-18-35)51-31-36(49-50-51)32-62-40-16-12-13-24-59-40)34-46(5,43(56)60-25-22-47-39(53)15-11-10-14-38(67)21-29-66)33-44(2,3)42(55)61-27-28-64-65(57,58)63-26-23-52(6,7)8;1-8-33(4,30(41)47-22-20-38)26-34(5,31(42)46-21-17-35-28(39)14-10-9-13-27(49)15-23-48)25-32(2,3)29(40)36-16-11-18-37(6,7)19-12-24-50(43,44)45/h17-20,31,38,40H,9-16,21-30,32-34H2,1-8H3,(H4-,47,48,53,54,57,58,66,67);27,38H,8-26H2,1-7H3,(H4-,35,36,39,40,43,44,45,48,49). The summed E-state index contributed by atoms with van der Waals surface area (Å²) < 4.78 is 91.1. The molecule has 1 saturated heterocycles.